The predicted octanol–water partition coefficient (Wildman–Crippen LogP) is 4.62. The molecule has 0 aliphatic rings. The molecule has 0 saturated carbocycles. The minimum Gasteiger partial charge on any atom is -0.302 e. The number of benzene rings is 1. The number of anilines is 2. The summed E-state index contributed by atoms with van der Waals surface area (Å²) < 4.78 is 3.06. The van der Waals surface area contributed by atoms with E-state index in [0.29, 0.717) is 11.5 Å². The summed E-state index contributed by atoms with van der Waals surface area (Å²) in [7, 11) is 0. The Morgan fingerprint density at radius 1 is 1.04 bits per heavy atom. The molecule has 0 fully saturated rings. The monoisotopic (exact) mass is 454 g/mol. The van der Waals surface area contributed by atoms with E-state index in [1.165, 1.54) is 0 Å². The molecule has 0 saturated heterocycles. The third-order valence-corrected chi connectivity index (χ3v) is 5.27. The van der Waals surface area contributed by atoms with Gasteiger partial charge in [-0.05, 0) is 65.9 Å². The molecule has 6 heteroatoms. The van der Waals surface area contributed by atoms with E-state index in [1.807, 2.05) is 72.0 Å². The maximum atomic E-state index is 13.3. The molecule has 0 aliphatic heterocycles. The van der Waals surface area contributed by atoms with Gasteiger partial charge in [-0.25, -0.2) is 9.97 Å². The Kier molecular flexibility index (Phi) is 4.42. The fourth-order valence-electron chi connectivity index (χ4n) is 2.80. The smallest absolute Gasteiger partial charge is 0.284 e. The van der Waals surface area contributed by atoms with Gasteiger partial charge in [0, 0.05) is 21.7 Å². The summed E-state index contributed by atoms with van der Waals surface area (Å²) in [6.07, 6.45) is 3.46. The van der Waals surface area contributed by atoms with Gasteiger partial charge in [-0.1, -0.05) is 24.3 Å². The van der Waals surface area contributed by atoms with Crippen LogP contribution in [0.25, 0.3) is 5.65 Å². The summed E-state index contributed by atoms with van der Waals surface area (Å²) >= 11 is 2.28. The molecule has 4 aromatic rings. The molecule has 1 amide bonds. The largest absolute Gasteiger partial charge is 0.302 e. The first-order valence-electron chi connectivity index (χ1n) is 8.10. The number of pyridine rings is 2. The third kappa shape index (κ3) is 2.96. The highest BCUT2D eigenvalue weighted by atomic mass is 127. The summed E-state index contributed by atoms with van der Waals surface area (Å²) in [5.41, 5.74) is 2.93. The van der Waals surface area contributed by atoms with Gasteiger partial charge < -0.3 is 4.40 Å². The fraction of sp³-hybridized carbons (Fsp3) is 0.0500. The number of imidazole rings is 1. The highest BCUT2D eigenvalue weighted by molar-refractivity contribution is 14.1. The molecule has 26 heavy (non-hydrogen) atoms. The Hall–Kier alpha value is -2.74. The lowest BCUT2D eigenvalue weighted by Crippen LogP contribution is -2.27. The first kappa shape index (κ1) is 16.7. The summed E-state index contributed by atoms with van der Waals surface area (Å²) in [6.45, 7) is 2.01. The lowest BCUT2D eigenvalue weighted by Gasteiger charge is -2.20. The van der Waals surface area contributed by atoms with Crippen molar-refractivity contribution >= 4 is 45.7 Å². The maximum absolute atomic E-state index is 13.3. The van der Waals surface area contributed by atoms with Crippen LogP contribution in [0, 0.1) is 10.5 Å². The molecular formula is C20H15IN4O. The average Bonchev–Trinajstić information content (AvgIpc) is 3.12. The van der Waals surface area contributed by atoms with Gasteiger partial charge in [-0.15, -0.1) is 0 Å². The summed E-state index contributed by atoms with van der Waals surface area (Å²) in [4.78, 5) is 23.8. The first-order valence-corrected chi connectivity index (χ1v) is 9.18. The summed E-state index contributed by atoms with van der Waals surface area (Å²) in [5.74, 6) is 0.347. The topological polar surface area (TPSA) is 50.5 Å². The molecule has 5 nitrogen and oxygen atoms in total. The van der Waals surface area contributed by atoms with Gasteiger partial charge in [0.05, 0.1) is 5.69 Å². The first-order chi connectivity index (χ1) is 12.6. The molecule has 3 aromatic heterocycles. The van der Waals surface area contributed by atoms with E-state index in [0.717, 1.165) is 20.6 Å². The quantitative estimate of drug-likeness (QED) is 0.425. The zero-order valence-electron chi connectivity index (χ0n) is 14.0. The summed E-state index contributed by atoms with van der Waals surface area (Å²) in [5, 5.41) is 0. The second-order valence-electron chi connectivity index (χ2n) is 5.79. The molecule has 3 heterocycles. The molecule has 1 aromatic carbocycles. The van der Waals surface area contributed by atoms with Gasteiger partial charge in [0.25, 0.3) is 5.91 Å². The number of para-hydroxylation sites is 1. The Balaban J connectivity index is 1.84. The van der Waals surface area contributed by atoms with Gasteiger partial charge in [0.15, 0.2) is 0 Å². The highest BCUT2D eigenvalue weighted by Crippen LogP contribution is 2.26. The lowest BCUT2D eigenvalue weighted by atomic mass is 10.2. The van der Waals surface area contributed by atoms with Crippen molar-refractivity contribution in [2.24, 2.45) is 0 Å². The van der Waals surface area contributed by atoms with Crippen LogP contribution in [0.15, 0.2) is 73.1 Å². The second kappa shape index (κ2) is 6.87. The standard InChI is InChI=1S/C20H15IN4O/c1-14-16(21)10-11-19-23-17(13-24(14)19)20(26)25(15-7-3-2-4-8-15)18-9-5-6-12-22-18/h2-13H,1H3. The van der Waals surface area contributed by atoms with Crippen molar-refractivity contribution in [2.75, 3.05) is 4.90 Å². The lowest BCUT2D eigenvalue weighted by molar-refractivity contribution is 0.0994. The molecule has 0 bridgehead atoms. The molecule has 0 aliphatic carbocycles. The maximum Gasteiger partial charge on any atom is 0.284 e. The van der Waals surface area contributed by atoms with Crippen LogP contribution >= 0.6 is 22.6 Å². The number of hydrogen-bond acceptors (Lipinski definition) is 3. The number of carbonyl (C=O) groups is 1. The van der Waals surface area contributed by atoms with E-state index in [9.17, 15) is 4.79 Å². The van der Waals surface area contributed by atoms with Crippen molar-refractivity contribution in [3.63, 3.8) is 0 Å². The van der Waals surface area contributed by atoms with Gasteiger partial charge in [0.2, 0.25) is 0 Å². The zero-order chi connectivity index (χ0) is 18.1. The second-order valence-corrected chi connectivity index (χ2v) is 6.95. The van der Waals surface area contributed by atoms with Gasteiger partial charge in [-0.3, -0.25) is 9.69 Å². The van der Waals surface area contributed by atoms with Crippen LogP contribution in [0.5, 0.6) is 0 Å². The average molecular weight is 454 g/mol. The van der Waals surface area contributed by atoms with Crippen molar-refractivity contribution in [1.29, 1.82) is 0 Å². The molecule has 0 N–H and O–H groups in total. The number of rotatable bonds is 3. The van der Waals surface area contributed by atoms with Crippen molar-refractivity contribution in [3.8, 4) is 0 Å². The van der Waals surface area contributed by atoms with E-state index >= 15 is 0 Å². The van der Waals surface area contributed by atoms with Crippen LogP contribution < -0.4 is 4.90 Å². The van der Waals surface area contributed by atoms with Gasteiger partial charge in [-0.2, -0.15) is 0 Å². The minimum atomic E-state index is -0.215. The Bertz CT molecular complexity index is 1040. The Morgan fingerprint density at radius 2 is 1.81 bits per heavy atom. The van der Waals surface area contributed by atoms with E-state index in [-0.39, 0.29) is 5.91 Å². The number of hydrogen-bond donors (Lipinski definition) is 0. The fourth-order valence-corrected chi connectivity index (χ4v) is 3.24. The van der Waals surface area contributed by atoms with E-state index in [1.54, 1.807) is 17.3 Å². The van der Waals surface area contributed by atoms with Crippen molar-refractivity contribution in [3.05, 3.63) is 88.0 Å². The number of carbonyl (C=O) groups excluding carboxylic acids is 1. The van der Waals surface area contributed by atoms with Gasteiger partial charge >= 0.3 is 0 Å². The predicted molar refractivity (Wildman–Crippen MR) is 110 cm³/mol. The van der Waals surface area contributed by atoms with Crippen LogP contribution in [-0.4, -0.2) is 20.3 Å². The number of aryl methyl sites for hydroxylation is 1. The van der Waals surface area contributed by atoms with Crippen LogP contribution in [0.3, 0.4) is 0 Å². The molecule has 128 valence electrons. The van der Waals surface area contributed by atoms with Crippen LogP contribution in [0.2, 0.25) is 0 Å². The SMILES string of the molecule is Cc1c(I)ccc2nc(C(=O)N(c3ccccc3)c3ccccn3)cn12. The normalized spacial score (nSPS) is 10.8. The number of fused-ring (bicyclic) bond motifs is 1. The molecule has 0 spiro atoms. The van der Waals surface area contributed by atoms with Gasteiger partial charge in [0.1, 0.15) is 17.2 Å². The van der Waals surface area contributed by atoms with Crippen molar-refractivity contribution in [1.82, 2.24) is 14.4 Å². The van der Waals surface area contributed by atoms with Crippen molar-refractivity contribution < 1.29 is 4.79 Å². The number of nitrogens with zero attached hydrogens (tertiary/aromatic N) is 4. The van der Waals surface area contributed by atoms with Crippen LogP contribution in [0.4, 0.5) is 11.5 Å². The van der Waals surface area contributed by atoms with E-state index in [2.05, 4.69) is 32.6 Å². The summed E-state index contributed by atoms with van der Waals surface area (Å²) in [6, 6.07) is 18.9. The van der Waals surface area contributed by atoms with Crippen molar-refractivity contribution in [2.45, 2.75) is 6.92 Å². The Morgan fingerprint density at radius 3 is 2.54 bits per heavy atom. The molecule has 0 unspecified atom stereocenters. The molecule has 4 rings (SSSR count). The number of aromatic nitrogens is 3. The third-order valence-electron chi connectivity index (χ3n) is 4.13. The minimum absolute atomic E-state index is 0.215. The molecular weight excluding hydrogens is 439 g/mol. The Labute approximate surface area is 164 Å². The molecule has 0 atom stereocenters. The van der Waals surface area contributed by atoms with Crippen LogP contribution in [0.1, 0.15) is 16.2 Å². The molecule has 0 radical (unpaired) electrons. The van der Waals surface area contributed by atoms with E-state index in [4.69, 9.17) is 0 Å². The highest BCUT2D eigenvalue weighted by Gasteiger charge is 2.23. The van der Waals surface area contributed by atoms with Crippen LogP contribution in [-0.2, 0) is 0 Å². The van der Waals surface area contributed by atoms with E-state index < -0.39 is 0 Å². The zero-order valence-corrected chi connectivity index (χ0v) is 16.2. The number of amides is 1. The number of halogens is 1.